The van der Waals surface area contributed by atoms with Crippen LogP contribution in [-0.4, -0.2) is 57.4 Å². The molecule has 1 rings (SSSR count). The van der Waals surface area contributed by atoms with Crippen LogP contribution >= 0.6 is 0 Å². The second-order valence-corrected chi connectivity index (χ2v) is 2.58. The molecule has 0 unspecified atom stereocenters. The molecule has 0 aromatic heterocycles. The van der Waals surface area contributed by atoms with Crippen molar-refractivity contribution in [3.05, 3.63) is 34.4 Å². The van der Waals surface area contributed by atoms with Crippen molar-refractivity contribution in [1.29, 1.82) is 0 Å². The molecule has 1 aromatic rings. The Kier molecular flexibility index (Phi) is 5.59. The minimum Gasteiger partial charge on any atom is -0.545 e. The summed E-state index contributed by atoms with van der Waals surface area (Å²) in [6.07, 6.45) is 0. The van der Waals surface area contributed by atoms with Crippen molar-refractivity contribution in [3.63, 3.8) is 0 Å². The molecule has 9 heteroatoms. The number of benzene rings is 1. The van der Waals surface area contributed by atoms with Crippen molar-refractivity contribution in [3.8, 4) is 0 Å². The summed E-state index contributed by atoms with van der Waals surface area (Å²) in [7, 11) is 0. The number of rotatable bonds is 2. The molecule has 4 nitrogen and oxygen atoms in total. The van der Waals surface area contributed by atoms with Gasteiger partial charge in [0.15, 0.2) is 23.3 Å². The third kappa shape index (κ3) is 2.79. The van der Waals surface area contributed by atoms with Gasteiger partial charge < -0.3 is 19.8 Å². The fraction of sp³-hybridized carbons (Fsp3) is 0. The maximum atomic E-state index is 12.8. The molecule has 1 aromatic carbocycles. The van der Waals surface area contributed by atoms with Gasteiger partial charge >= 0.3 is 45.5 Å². The summed E-state index contributed by atoms with van der Waals surface area (Å²) in [5, 5.41) is 20.5. The van der Waals surface area contributed by atoms with E-state index in [4.69, 9.17) is 0 Å². The zero-order chi connectivity index (χ0) is 12.6. The standard InChI is InChI=1S/C8H2F4O4.Sr/c9-3-1(7(13)14)2(8(15)16)4(10)6(12)5(3)11;/h(H,13,14)(H,15,16);/q;+2/p-2. The second-order valence-electron chi connectivity index (χ2n) is 2.58. The number of hydrogen-bond donors (Lipinski definition) is 0. The van der Waals surface area contributed by atoms with Crippen LogP contribution in [0.1, 0.15) is 20.7 Å². The first-order valence-corrected chi connectivity index (χ1v) is 3.57. The van der Waals surface area contributed by atoms with E-state index in [0.717, 1.165) is 0 Å². The smallest absolute Gasteiger partial charge is 0.545 e. The van der Waals surface area contributed by atoms with E-state index >= 15 is 0 Å². The summed E-state index contributed by atoms with van der Waals surface area (Å²) in [5.74, 6) is -14.6. The van der Waals surface area contributed by atoms with Gasteiger partial charge in [-0.2, -0.15) is 0 Å². The Morgan fingerprint density at radius 3 is 1.12 bits per heavy atom. The normalized spacial score (nSPS) is 9.65. The second kappa shape index (κ2) is 5.80. The molecule has 0 aliphatic carbocycles. The first kappa shape index (κ1) is 16.4. The zero-order valence-electron chi connectivity index (χ0n) is 7.85. The van der Waals surface area contributed by atoms with Crippen LogP contribution < -0.4 is 10.2 Å². The SMILES string of the molecule is O=C([O-])c1c(F)c(F)c(F)c(F)c1C(=O)[O-].[Sr+2]. The van der Waals surface area contributed by atoms with Crippen LogP contribution in [0.15, 0.2) is 0 Å². The first-order valence-electron chi connectivity index (χ1n) is 3.57. The van der Waals surface area contributed by atoms with Gasteiger partial charge in [-0.15, -0.1) is 0 Å². The van der Waals surface area contributed by atoms with E-state index < -0.39 is 46.3 Å². The summed E-state index contributed by atoms with van der Waals surface area (Å²) >= 11 is 0. The van der Waals surface area contributed by atoms with Crippen LogP contribution in [0.25, 0.3) is 0 Å². The van der Waals surface area contributed by atoms with Crippen molar-refractivity contribution < 1.29 is 37.4 Å². The van der Waals surface area contributed by atoms with Crippen LogP contribution in [0.2, 0.25) is 0 Å². The minimum absolute atomic E-state index is 0. The third-order valence-electron chi connectivity index (χ3n) is 1.68. The van der Waals surface area contributed by atoms with Crippen molar-refractivity contribution in [2.75, 3.05) is 0 Å². The number of aromatic carboxylic acids is 2. The Balaban J connectivity index is 0.00000256. The average Bonchev–Trinajstić information content (AvgIpc) is 2.18. The number of hydrogen-bond acceptors (Lipinski definition) is 4. The van der Waals surface area contributed by atoms with Gasteiger partial charge in [0.1, 0.15) is 0 Å². The predicted molar refractivity (Wildman–Crippen MR) is 40.7 cm³/mol. The molecule has 0 amide bonds. The molecule has 0 fully saturated rings. The Hall–Kier alpha value is -0.639. The molecule has 0 heterocycles. The molecule has 0 aliphatic heterocycles. The van der Waals surface area contributed by atoms with E-state index in [0.29, 0.717) is 0 Å². The molecule has 17 heavy (non-hydrogen) atoms. The van der Waals surface area contributed by atoms with Gasteiger partial charge in [0.2, 0.25) is 0 Å². The summed E-state index contributed by atoms with van der Waals surface area (Å²) < 4.78 is 50.8. The Labute approximate surface area is 128 Å². The largest absolute Gasteiger partial charge is 2.00 e. The topological polar surface area (TPSA) is 80.3 Å². The molecule has 0 saturated heterocycles. The van der Waals surface area contributed by atoms with E-state index in [-0.39, 0.29) is 45.5 Å². The molecule has 0 bridgehead atoms. The predicted octanol–water partition coefficient (Wildman–Crippen LogP) is -1.41. The van der Waals surface area contributed by atoms with Crippen LogP contribution in [0.3, 0.4) is 0 Å². The van der Waals surface area contributed by atoms with Gasteiger partial charge in [-0.3, -0.25) is 0 Å². The Morgan fingerprint density at radius 1 is 0.706 bits per heavy atom. The fourth-order valence-electron chi connectivity index (χ4n) is 1.02. The van der Waals surface area contributed by atoms with Gasteiger partial charge in [0, 0.05) is 11.1 Å². The Morgan fingerprint density at radius 2 is 0.941 bits per heavy atom. The van der Waals surface area contributed by atoms with E-state index in [9.17, 15) is 37.4 Å². The maximum Gasteiger partial charge on any atom is 2.00 e. The fourth-order valence-corrected chi connectivity index (χ4v) is 1.02. The van der Waals surface area contributed by atoms with E-state index in [1.165, 1.54) is 0 Å². The number of carboxylic acid groups (broad SMARTS) is 2. The molecule has 86 valence electrons. The van der Waals surface area contributed by atoms with Crippen molar-refractivity contribution in [2.45, 2.75) is 0 Å². The van der Waals surface area contributed by atoms with Crippen molar-refractivity contribution in [1.82, 2.24) is 0 Å². The molecular formula is C8F4O4Sr. The number of carboxylic acids is 2. The summed E-state index contributed by atoms with van der Waals surface area (Å²) in [4.78, 5) is 20.5. The van der Waals surface area contributed by atoms with Gasteiger partial charge in [-0.25, -0.2) is 17.6 Å². The van der Waals surface area contributed by atoms with Crippen molar-refractivity contribution in [2.24, 2.45) is 0 Å². The van der Waals surface area contributed by atoms with Gasteiger partial charge in [0.25, 0.3) is 0 Å². The first-order chi connectivity index (χ1) is 7.29. The van der Waals surface area contributed by atoms with Crippen LogP contribution in [-0.2, 0) is 0 Å². The summed E-state index contributed by atoms with van der Waals surface area (Å²) in [6, 6.07) is 0. The Bertz CT molecular complexity index is 458. The van der Waals surface area contributed by atoms with Crippen LogP contribution in [0.5, 0.6) is 0 Å². The molecule has 0 saturated carbocycles. The zero-order valence-corrected chi connectivity index (χ0v) is 11.3. The third-order valence-corrected chi connectivity index (χ3v) is 1.68. The monoisotopic (exact) mass is 324 g/mol. The number of halogens is 4. The quantitative estimate of drug-likeness (QED) is 0.290. The van der Waals surface area contributed by atoms with E-state index in [1.54, 1.807) is 0 Å². The molecule has 0 radical (unpaired) electrons. The molecular weight excluding hydrogens is 324 g/mol. The average molecular weight is 324 g/mol. The summed E-state index contributed by atoms with van der Waals surface area (Å²) in [6.45, 7) is 0. The van der Waals surface area contributed by atoms with Gasteiger partial charge in [0.05, 0.1) is 11.9 Å². The molecule has 0 N–H and O–H groups in total. The minimum atomic E-state index is -2.51. The molecule has 0 aliphatic rings. The van der Waals surface area contributed by atoms with Gasteiger partial charge in [-0.1, -0.05) is 0 Å². The molecule has 0 spiro atoms. The van der Waals surface area contributed by atoms with Gasteiger partial charge in [-0.05, 0) is 0 Å². The van der Waals surface area contributed by atoms with Crippen LogP contribution in [0, 0.1) is 23.3 Å². The maximum absolute atomic E-state index is 12.8. The van der Waals surface area contributed by atoms with E-state index in [2.05, 4.69) is 0 Å². The summed E-state index contributed by atoms with van der Waals surface area (Å²) in [5.41, 5.74) is -3.87. The van der Waals surface area contributed by atoms with Crippen molar-refractivity contribution >= 4 is 57.4 Å². The van der Waals surface area contributed by atoms with Crippen LogP contribution in [0.4, 0.5) is 17.6 Å². The number of carbonyl (C=O) groups is 2. The van der Waals surface area contributed by atoms with E-state index in [1.807, 2.05) is 0 Å². The number of carbonyl (C=O) groups excluding carboxylic acids is 2. The molecule has 0 atom stereocenters.